The van der Waals surface area contributed by atoms with Crippen molar-refractivity contribution in [1.29, 1.82) is 0 Å². The maximum absolute atomic E-state index is 12.3. The van der Waals surface area contributed by atoms with Crippen LogP contribution in [0, 0.1) is 5.92 Å². The number of urea groups is 1. The number of amides is 2. The second-order valence-corrected chi connectivity index (χ2v) is 6.53. The van der Waals surface area contributed by atoms with E-state index in [1.54, 1.807) is 7.11 Å². The van der Waals surface area contributed by atoms with Gasteiger partial charge >= 0.3 is 6.03 Å². The lowest BCUT2D eigenvalue weighted by atomic mass is 10.1. The zero-order valence-electron chi connectivity index (χ0n) is 15.2. The van der Waals surface area contributed by atoms with Crippen LogP contribution in [0.4, 0.5) is 4.79 Å². The van der Waals surface area contributed by atoms with Crippen LogP contribution in [0.25, 0.3) is 0 Å². The number of hydrogen-bond acceptors (Lipinski definition) is 3. The smallest absolute Gasteiger partial charge is 0.317 e. The van der Waals surface area contributed by atoms with Crippen LogP contribution in [0.15, 0.2) is 54.6 Å². The van der Waals surface area contributed by atoms with Gasteiger partial charge in [0.2, 0.25) is 0 Å². The summed E-state index contributed by atoms with van der Waals surface area (Å²) in [5.41, 5.74) is 1.11. The first-order valence-corrected chi connectivity index (χ1v) is 9.09. The van der Waals surface area contributed by atoms with Crippen LogP contribution in [-0.4, -0.2) is 37.7 Å². The number of nitrogens with zero attached hydrogens (tertiary/aromatic N) is 1. The summed E-state index contributed by atoms with van der Waals surface area (Å²) in [6, 6.07) is 17.7. The Kier molecular flexibility index (Phi) is 6.36. The molecule has 0 radical (unpaired) electrons. The highest BCUT2D eigenvalue weighted by molar-refractivity contribution is 5.74. The van der Waals surface area contributed by atoms with E-state index in [0.29, 0.717) is 19.1 Å². The van der Waals surface area contributed by atoms with Crippen LogP contribution < -0.4 is 14.8 Å². The van der Waals surface area contributed by atoms with Gasteiger partial charge in [-0.05, 0) is 36.5 Å². The molecule has 5 nitrogen and oxygen atoms in total. The van der Waals surface area contributed by atoms with Gasteiger partial charge in [0.25, 0.3) is 0 Å². The molecular formula is C21H26N2O3. The van der Waals surface area contributed by atoms with Gasteiger partial charge in [0, 0.05) is 19.6 Å². The second kappa shape index (κ2) is 9.13. The first kappa shape index (κ1) is 18.1. The maximum Gasteiger partial charge on any atom is 0.317 e. The summed E-state index contributed by atoms with van der Waals surface area (Å²) < 4.78 is 11.1. The average molecular weight is 354 g/mol. The van der Waals surface area contributed by atoms with E-state index in [4.69, 9.17) is 9.47 Å². The molecule has 1 unspecified atom stereocenters. The van der Waals surface area contributed by atoms with Gasteiger partial charge in [0.1, 0.15) is 0 Å². The molecule has 1 aliphatic heterocycles. The van der Waals surface area contributed by atoms with Gasteiger partial charge in [-0.1, -0.05) is 42.5 Å². The Morgan fingerprint density at radius 3 is 2.62 bits per heavy atom. The molecular weight excluding hydrogens is 328 g/mol. The zero-order valence-corrected chi connectivity index (χ0v) is 15.2. The normalized spacial score (nSPS) is 16.3. The molecule has 5 heteroatoms. The van der Waals surface area contributed by atoms with Crippen LogP contribution >= 0.6 is 0 Å². The molecule has 0 saturated carbocycles. The van der Waals surface area contributed by atoms with Gasteiger partial charge in [0.15, 0.2) is 11.5 Å². The Balaban J connectivity index is 1.39. The van der Waals surface area contributed by atoms with E-state index in [9.17, 15) is 4.79 Å². The van der Waals surface area contributed by atoms with E-state index in [2.05, 4.69) is 5.32 Å². The lowest BCUT2D eigenvalue weighted by molar-refractivity contribution is 0.204. The van der Waals surface area contributed by atoms with Gasteiger partial charge < -0.3 is 19.7 Å². The highest BCUT2D eigenvalue weighted by atomic mass is 16.5. The minimum absolute atomic E-state index is 0.0157. The highest BCUT2D eigenvalue weighted by Crippen LogP contribution is 2.27. The minimum atomic E-state index is 0.0157. The number of benzene rings is 2. The summed E-state index contributed by atoms with van der Waals surface area (Å²) >= 11 is 0. The number of methoxy groups -OCH3 is 1. The molecule has 3 rings (SSSR count). The monoisotopic (exact) mass is 354 g/mol. The van der Waals surface area contributed by atoms with Crippen molar-refractivity contribution in [3.63, 3.8) is 0 Å². The summed E-state index contributed by atoms with van der Waals surface area (Å²) in [6.07, 6.45) is 1.95. The minimum Gasteiger partial charge on any atom is -0.493 e. The number of carbonyl (C=O) groups is 1. The summed E-state index contributed by atoms with van der Waals surface area (Å²) in [7, 11) is 1.64. The Morgan fingerprint density at radius 2 is 1.85 bits per heavy atom. The molecule has 1 N–H and O–H groups in total. The predicted octanol–water partition coefficient (Wildman–Crippen LogP) is 3.70. The highest BCUT2D eigenvalue weighted by Gasteiger charge is 2.26. The number of nitrogens with one attached hydrogen (secondary N) is 1. The van der Waals surface area contributed by atoms with Crippen LogP contribution in [0.1, 0.15) is 18.4 Å². The quantitative estimate of drug-likeness (QED) is 0.825. The van der Waals surface area contributed by atoms with Crippen molar-refractivity contribution >= 4 is 6.03 Å². The third-order valence-electron chi connectivity index (χ3n) is 4.71. The molecule has 0 bridgehead atoms. The predicted molar refractivity (Wildman–Crippen MR) is 101 cm³/mol. The standard InChI is InChI=1S/C21H26N2O3/c1-25-19-9-5-6-10-20(19)26-14-12-18-11-13-23(16-18)21(24)22-15-17-7-3-2-4-8-17/h2-10,18H,11-16H2,1H3,(H,22,24). The zero-order chi connectivity index (χ0) is 18.2. The number of likely N-dealkylation sites (tertiary alicyclic amines) is 1. The molecule has 1 saturated heterocycles. The van der Waals surface area contributed by atoms with E-state index in [1.165, 1.54) is 0 Å². The number of para-hydroxylation sites is 2. The van der Waals surface area contributed by atoms with Gasteiger partial charge in [0.05, 0.1) is 13.7 Å². The number of hydrogen-bond donors (Lipinski definition) is 1. The fourth-order valence-electron chi connectivity index (χ4n) is 3.21. The van der Waals surface area contributed by atoms with E-state index >= 15 is 0 Å². The average Bonchev–Trinajstić information content (AvgIpc) is 3.16. The Labute approximate surface area is 154 Å². The van der Waals surface area contributed by atoms with E-state index in [-0.39, 0.29) is 6.03 Å². The van der Waals surface area contributed by atoms with E-state index < -0.39 is 0 Å². The molecule has 1 aliphatic rings. The van der Waals surface area contributed by atoms with Gasteiger partial charge in [-0.2, -0.15) is 0 Å². The SMILES string of the molecule is COc1ccccc1OCCC1CCN(C(=O)NCc2ccccc2)C1. The number of rotatable bonds is 7. The van der Waals surface area contributed by atoms with Crippen LogP contribution in [-0.2, 0) is 6.54 Å². The number of carbonyl (C=O) groups excluding carboxylic acids is 1. The molecule has 1 fully saturated rings. The molecule has 0 aliphatic carbocycles. The van der Waals surface area contributed by atoms with Crippen molar-refractivity contribution in [2.75, 3.05) is 26.8 Å². The molecule has 138 valence electrons. The molecule has 0 aromatic heterocycles. The van der Waals surface area contributed by atoms with Crippen molar-refractivity contribution in [1.82, 2.24) is 10.2 Å². The summed E-state index contributed by atoms with van der Waals surface area (Å²) in [5, 5.41) is 3.00. The van der Waals surface area contributed by atoms with E-state index in [0.717, 1.165) is 43.0 Å². The molecule has 2 aromatic rings. The van der Waals surface area contributed by atoms with Crippen molar-refractivity contribution in [3.8, 4) is 11.5 Å². The third-order valence-corrected chi connectivity index (χ3v) is 4.71. The summed E-state index contributed by atoms with van der Waals surface area (Å²) in [5.74, 6) is 2.00. The fourth-order valence-corrected chi connectivity index (χ4v) is 3.21. The Bertz CT molecular complexity index is 705. The van der Waals surface area contributed by atoms with Crippen molar-refractivity contribution in [2.45, 2.75) is 19.4 Å². The molecule has 1 atom stereocenters. The maximum atomic E-state index is 12.3. The fraction of sp³-hybridized carbons (Fsp3) is 0.381. The molecule has 2 amide bonds. The van der Waals surface area contributed by atoms with Crippen LogP contribution in [0.3, 0.4) is 0 Å². The van der Waals surface area contributed by atoms with Gasteiger partial charge in [-0.15, -0.1) is 0 Å². The summed E-state index contributed by atoms with van der Waals surface area (Å²) in [4.78, 5) is 14.2. The Hall–Kier alpha value is -2.69. The van der Waals surface area contributed by atoms with Crippen molar-refractivity contribution in [3.05, 3.63) is 60.2 Å². The summed E-state index contributed by atoms with van der Waals surface area (Å²) in [6.45, 7) is 2.79. The molecule has 1 heterocycles. The van der Waals surface area contributed by atoms with Crippen molar-refractivity contribution < 1.29 is 14.3 Å². The largest absolute Gasteiger partial charge is 0.493 e. The third kappa shape index (κ3) is 4.91. The van der Waals surface area contributed by atoms with Crippen LogP contribution in [0.5, 0.6) is 11.5 Å². The molecule has 0 spiro atoms. The second-order valence-electron chi connectivity index (χ2n) is 6.53. The van der Waals surface area contributed by atoms with Gasteiger partial charge in [-0.3, -0.25) is 0 Å². The van der Waals surface area contributed by atoms with Crippen LogP contribution in [0.2, 0.25) is 0 Å². The molecule has 2 aromatic carbocycles. The van der Waals surface area contributed by atoms with E-state index in [1.807, 2.05) is 59.5 Å². The first-order chi connectivity index (χ1) is 12.8. The topological polar surface area (TPSA) is 50.8 Å². The van der Waals surface area contributed by atoms with Crippen molar-refractivity contribution in [2.24, 2.45) is 5.92 Å². The Morgan fingerprint density at radius 1 is 1.12 bits per heavy atom. The molecule has 26 heavy (non-hydrogen) atoms. The number of ether oxygens (including phenoxy) is 2. The lowest BCUT2D eigenvalue weighted by Gasteiger charge is -2.18. The first-order valence-electron chi connectivity index (χ1n) is 9.09. The lowest BCUT2D eigenvalue weighted by Crippen LogP contribution is -2.38. The van der Waals surface area contributed by atoms with Gasteiger partial charge in [-0.25, -0.2) is 4.79 Å².